The summed E-state index contributed by atoms with van der Waals surface area (Å²) in [5, 5.41) is 6.78. The van der Waals surface area contributed by atoms with Crippen LogP contribution in [0.1, 0.15) is 30.7 Å². The maximum absolute atomic E-state index is 13.5. The lowest BCUT2D eigenvalue weighted by Gasteiger charge is -2.35. The number of rotatable bonds is 3. The highest BCUT2D eigenvalue weighted by molar-refractivity contribution is 5.97. The summed E-state index contributed by atoms with van der Waals surface area (Å²) in [6.07, 6.45) is 4.71. The first-order chi connectivity index (χ1) is 15.8. The molecule has 2 atom stereocenters. The molecule has 12 heteroatoms. The number of halogens is 3. The van der Waals surface area contributed by atoms with Gasteiger partial charge in [-0.05, 0) is 6.92 Å². The normalized spacial score (nSPS) is 20.3. The van der Waals surface area contributed by atoms with E-state index in [9.17, 15) is 22.8 Å². The Hall–Kier alpha value is -3.83. The highest BCUT2D eigenvalue weighted by atomic mass is 19.2. The summed E-state index contributed by atoms with van der Waals surface area (Å²) < 4.78 is 47.0. The van der Waals surface area contributed by atoms with Gasteiger partial charge in [0.2, 0.25) is 5.91 Å². The average molecular weight is 460 g/mol. The van der Waals surface area contributed by atoms with Crippen LogP contribution in [-0.2, 0) is 17.9 Å². The highest BCUT2D eigenvalue weighted by Gasteiger charge is 2.37. The van der Waals surface area contributed by atoms with Crippen LogP contribution in [-0.4, -0.2) is 44.2 Å². The molecule has 1 aromatic carbocycles. The van der Waals surface area contributed by atoms with Gasteiger partial charge in [0.15, 0.2) is 23.8 Å². The third-order valence-corrected chi connectivity index (χ3v) is 6.00. The van der Waals surface area contributed by atoms with E-state index >= 15 is 0 Å². The van der Waals surface area contributed by atoms with Crippen molar-refractivity contribution in [2.45, 2.75) is 38.4 Å². The zero-order chi connectivity index (χ0) is 23.3. The maximum atomic E-state index is 13.5. The van der Waals surface area contributed by atoms with Crippen molar-refractivity contribution in [3.05, 3.63) is 59.8 Å². The van der Waals surface area contributed by atoms with Gasteiger partial charge >= 0.3 is 6.03 Å². The van der Waals surface area contributed by atoms with Crippen molar-refractivity contribution in [3.63, 3.8) is 0 Å². The number of oxazole rings is 1. The molecule has 2 aliphatic rings. The van der Waals surface area contributed by atoms with Crippen molar-refractivity contribution in [1.82, 2.24) is 19.7 Å². The van der Waals surface area contributed by atoms with Crippen LogP contribution in [0.25, 0.3) is 0 Å². The molecule has 1 fully saturated rings. The van der Waals surface area contributed by atoms with E-state index in [4.69, 9.17) is 4.42 Å². The van der Waals surface area contributed by atoms with Crippen LogP contribution in [0.4, 0.5) is 29.3 Å². The Bertz CT molecular complexity index is 1210. The summed E-state index contributed by atoms with van der Waals surface area (Å²) in [5.74, 6) is -4.60. The number of hydrogen-bond donors (Lipinski definition) is 1. The second-order valence-electron chi connectivity index (χ2n) is 8.14. The van der Waals surface area contributed by atoms with Gasteiger partial charge in [0, 0.05) is 36.7 Å². The molecule has 9 nitrogen and oxygen atoms in total. The topological polar surface area (TPSA) is 96.5 Å². The Balaban J connectivity index is 1.36. The number of anilines is 2. The van der Waals surface area contributed by atoms with E-state index < -0.39 is 23.5 Å². The van der Waals surface area contributed by atoms with E-state index in [1.165, 1.54) is 17.6 Å². The van der Waals surface area contributed by atoms with Crippen molar-refractivity contribution < 1.29 is 27.2 Å². The molecule has 3 amide bonds. The minimum atomic E-state index is -1.60. The van der Waals surface area contributed by atoms with Crippen molar-refractivity contribution in [3.8, 4) is 0 Å². The Morgan fingerprint density at radius 2 is 1.97 bits per heavy atom. The fraction of sp³-hybridized carbons (Fsp3) is 0.333. The zero-order valence-corrected chi connectivity index (χ0v) is 17.5. The van der Waals surface area contributed by atoms with E-state index in [-0.39, 0.29) is 36.5 Å². The summed E-state index contributed by atoms with van der Waals surface area (Å²) in [6.45, 7) is 2.69. The standard InChI is InChI=1S/C21H19F3N6O3/c1-11-6-30-18(8-28(11)21(32)27-13-3-14(22)20(24)15(23)4-13)17(5-26-30)29-7-12(2-19(29)31)16-9-33-10-25-16/h3-5,9-12H,2,6-8H2,1H3,(H,27,32)/t11-,12?/m0/s1. The molecule has 4 heterocycles. The molecular weight excluding hydrogens is 441 g/mol. The lowest BCUT2D eigenvalue weighted by molar-refractivity contribution is -0.117. The molecule has 0 radical (unpaired) electrons. The van der Waals surface area contributed by atoms with Gasteiger partial charge in [-0.3, -0.25) is 9.48 Å². The number of benzene rings is 1. The molecular formula is C21H19F3N6O3. The van der Waals surface area contributed by atoms with Crippen LogP contribution >= 0.6 is 0 Å². The number of urea groups is 1. The molecule has 0 spiro atoms. The molecule has 0 bridgehead atoms. The van der Waals surface area contributed by atoms with Crippen molar-refractivity contribution in [2.75, 3.05) is 16.8 Å². The van der Waals surface area contributed by atoms with Crippen LogP contribution in [0.3, 0.4) is 0 Å². The van der Waals surface area contributed by atoms with E-state index in [0.717, 1.165) is 0 Å². The van der Waals surface area contributed by atoms with Gasteiger partial charge in [-0.2, -0.15) is 5.10 Å². The lowest BCUT2D eigenvalue weighted by Crippen LogP contribution is -2.47. The van der Waals surface area contributed by atoms with Gasteiger partial charge in [0.05, 0.1) is 42.4 Å². The number of nitrogens with zero attached hydrogens (tertiary/aromatic N) is 5. The first-order valence-corrected chi connectivity index (χ1v) is 10.3. The van der Waals surface area contributed by atoms with Gasteiger partial charge in [-0.1, -0.05) is 0 Å². The summed E-state index contributed by atoms with van der Waals surface area (Å²) in [6, 6.07) is 0.526. The lowest BCUT2D eigenvalue weighted by atomic mass is 10.1. The molecule has 2 aromatic heterocycles. The molecule has 5 rings (SSSR count). The first-order valence-electron chi connectivity index (χ1n) is 10.3. The van der Waals surface area contributed by atoms with Crippen LogP contribution in [0, 0.1) is 17.5 Å². The van der Waals surface area contributed by atoms with Gasteiger partial charge in [0.25, 0.3) is 0 Å². The molecule has 33 heavy (non-hydrogen) atoms. The zero-order valence-electron chi connectivity index (χ0n) is 17.5. The van der Waals surface area contributed by atoms with Crippen LogP contribution < -0.4 is 10.2 Å². The Labute approximate surface area is 185 Å². The van der Waals surface area contributed by atoms with Gasteiger partial charge < -0.3 is 19.5 Å². The van der Waals surface area contributed by atoms with Crippen molar-refractivity contribution in [2.24, 2.45) is 0 Å². The SMILES string of the molecule is C[C@H]1Cn2ncc(N3CC(c4cocn4)CC3=O)c2CN1C(=O)Nc1cc(F)c(F)c(F)c1. The molecule has 1 unspecified atom stereocenters. The monoisotopic (exact) mass is 460 g/mol. The van der Waals surface area contributed by atoms with Gasteiger partial charge in [-0.25, -0.2) is 22.9 Å². The number of amides is 3. The Kier molecular flexibility index (Phi) is 5.06. The molecule has 0 saturated carbocycles. The molecule has 172 valence electrons. The number of fused-ring (bicyclic) bond motifs is 1. The van der Waals surface area contributed by atoms with Crippen LogP contribution in [0.5, 0.6) is 0 Å². The van der Waals surface area contributed by atoms with Crippen LogP contribution in [0.15, 0.2) is 35.4 Å². The minimum absolute atomic E-state index is 0.0920. The molecule has 1 N–H and O–H groups in total. The number of aromatic nitrogens is 3. The van der Waals surface area contributed by atoms with Crippen molar-refractivity contribution in [1.29, 1.82) is 0 Å². The predicted octanol–water partition coefficient (Wildman–Crippen LogP) is 3.25. The first kappa shape index (κ1) is 21.0. The summed E-state index contributed by atoms with van der Waals surface area (Å²) in [4.78, 5) is 32.8. The van der Waals surface area contributed by atoms with Gasteiger partial charge in [-0.15, -0.1) is 0 Å². The average Bonchev–Trinajstić information content (AvgIpc) is 3.50. The fourth-order valence-corrected chi connectivity index (χ4v) is 4.27. The molecule has 0 aliphatic carbocycles. The number of nitrogens with one attached hydrogen (secondary N) is 1. The quantitative estimate of drug-likeness (QED) is 0.606. The number of carbonyl (C=O) groups excluding carboxylic acids is 2. The molecule has 2 aliphatic heterocycles. The van der Waals surface area contributed by atoms with Gasteiger partial charge in [0.1, 0.15) is 6.26 Å². The molecule has 1 saturated heterocycles. The Morgan fingerprint density at radius 1 is 1.21 bits per heavy atom. The van der Waals surface area contributed by atoms with E-state index in [0.29, 0.717) is 42.3 Å². The third-order valence-electron chi connectivity index (χ3n) is 6.00. The summed E-state index contributed by atoms with van der Waals surface area (Å²) in [5.41, 5.74) is 1.75. The van der Waals surface area contributed by atoms with Crippen LogP contribution in [0.2, 0.25) is 0 Å². The minimum Gasteiger partial charge on any atom is -0.451 e. The second-order valence-corrected chi connectivity index (χ2v) is 8.14. The highest BCUT2D eigenvalue weighted by Crippen LogP contribution is 2.35. The Morgan fingerprint density at radius 3 is 2.67 bits per heavy atom. The summed E-state index contributed by atoms with van der Waals surface area (Å²) >= 11 is 0. The van der Waals surface area contributed by atoms with E-state index in [1.807, 2.05) is 0 Å². The predicted molar refractivity (Wildman–Crippen MR) is 109 cm³/mol. The van der Waals surface area contributed by atoms with E-state index in [2.05, 4.69) is 15.4 Å². The third kappa shape index (κ3) is 3.70. The van der Waals surface area contributed by atoms with Crippen molar-refractivity contribution >= 4 is 23.3 Å². The largest absolute Gasteiger partial charge is 0.451 e. The fourth-order valence-electron chi connectivity index (χ4n) is 4.27. The smallest absolute Gasteiger partial charge is 0.322 e. The molecule has 3 aromatic rings. The summed E-state index contributed by atoms with van der Waals surface area (Å²) in [7, 11) is 0. The van der Waals surface area contributed by atoms with E-state index in [1.54, 1.807) is 22.7 Å². The second kappa shape index (κ2) is 7.94. The maximum Gasteiger partial charge on any atom is 0.322 e. The number of hydrogen-bond acceptors (Lipinski definition) is 5. The number of carbonyl (C=O) groups is 2.